The maximum absolute atomic E-state index is 11.4. The second-order valence-corrected chi connectivity index (χ2v) is 5.10. The Hall–Kier alpha value is -0.340. The maximum Gasteiger partial charge on any atom is 0.146 e. The van der Waals surface area contributed by atoms with Gasteiger partial charge in [0, 0.05) is 11.4 Å². The highest BCUT2D eigenvalue weighted by Gasteiger charge is 2.14. The van der Waals surface area contributed by atoms with Gasteiger partial charge in [-0.15, -0.1) is 0 Å². The van der Waals surface area contributed by atoms with Crippen LogP contribution in [0.4, 0.5) is 0 Å². The summed E-state index contributed by atoms with van der Waals surface area (Å²) in [6.45, 7) is 3.87. The molecule has 1 nitrogen and oxygen atoms in total. The fourth-order valence-corrected chi connectivity index (χ4v) is 2.33. The summed E-state index contributed by atoms with van der Waals surface area (Å²) in [5.41, 5.74) is 2.16. The number of ketones is 1. The molecule has 0 spiro atoms. The number of halogens is 2. The molecule has 1 aromatic rings. The van der Waals surface area contributed by atoms with Crippen LogP contribution in [-0.4, -0.2) is 10.6 Å². The molecule has 0 N–H and O–H groups in total. The van der Waals surface area contributed by atoms with Gasteiger partial charge in [0.15, 0.2) is 0 Å². The molecule has 1 atom stereocenters. The quantitative estimate of drug-likeness (QED) is 0.768. The van der Waals surface area contributed by atoms with E-state index >= 15 is 0 Å². The lowest BCUT2D eigenvalue weighted by Gasteiger charge is -2.09. The molecule has 1 aromatic carbocycles. The molecular weight excluding hydrogens is 275 g/mol. The SMILES string of the molecule is CCC(=O)C(Br)Cc1ccc(C)cc1Cl. The standard InChI is InChI=1S/C12H14BrClO/c1-3-12(15)10(13)7-9-5-4-8(2)6-11(9)14/h4-6,10H,3,7H2,1-2H3. The van der Waals surface area contributed by atoms with E-state index in [0.717, 1.165) is 16.1 Å². The van der Waals surface area contributed by atoms with E-state index in [1.165, 1.54) is 0 Å². The van der Waals surface area contributed by atoms with Gasteiger partial charge >= 0.3 is 0 Å². The van der Waals surface area contributed by atoms with Crippen molar-refractivity contribution in [3.05, 3.63) is 34.3 Å². The number of alkyl halides is 1. The summed E-state index contributed by atoms with van der Waals surface area (Å²) >= 11 is 9.47. The van der Waals surface area contributed by atoms with Crippen molar-refractivity contribution in [2.24, 2.45) is 0 Å². The van der Waals surface area contributed by atoms with E-state index in [-0.39, 0.29) is 10.6 Å². The van der Waals surface area contributed by atoms with Crippen LogP contribution in [0.3, 0.4) is 0 Å². The monoisotopic (exact) mass is 288 g/mol. The van der Waals surface area contributed by atoms with Gasteiger partial charge in [0.05, 0.1) is 4.83 Å². The lowest BCUT2D eigenvalue weighted by Crippen LogP contribution is -2.15. The van der Waals surface area contributed by atoms with Crippen LogP contribution in [0.5, 0.6) is 0 Å². The Morgan fingerprint density at radius 3 is 2.73 bits per heavy atom. The predicted octanol–water partition coefficient (Wildman–Crippen LogP) is 3.93. The van der Waals surface area contributed by atoms with E-state index in [2.05, 4.69) is 15.9 Å². The van der Waals surface area contributed by atoms with E-state index < -0.39 is 0 Å². The minimum atomic E-state index is -0.122. The van der Waals surface area contributed by atoms with Crippen molar-refractivity contribution in [2.75, 3.05) is 0 Å². The van der Waals surface area contributed by atoms with E-state index in [4.69, 9.17) is 11.6 Å². The Bertz CT molecular complexity index is 363. The van der Waals surface area contributed by atoms with Crippen molar-refractivity contribution in [2.45, 2.75) is 31.5 Å². The van der Waals surface area contributed by atoms with Crippen LogP contribution in [0, 0.1) is 6.92 Å². The summed E-state index contributed by atoms with van der Waals surface area (Å²) < 4.78 is 0. The molecular formula is C12H14BrClO. The van der Waals surface area contributed by atoms with Crippen molar-refractivity contribution >= 4 is 33.3 Å². The van der Waals surface area contributed by atoms with Crippen LogP contribution in [0.15, 0.2) is 18.2 Å². The number of carbonyl (C=O) groups is 1. The molecule has 3 heteroatoms. The highest BCUT2D eigenvalue weighted by atomic mass is 79.9. The fraction of sp³-hybridized carbons (Fsp3) is 0.417. The number of hydrogen-bond acceptors (Lipinski definition) is 1. The number of rotatable bonds is 4. The molecule has 0 bridgehead atoms. The first-order valence-electron chi connectivity index (χ1n) is 4.96. The first-order chi connectivity index (χ1) is 7.04. The molecule has 1 rings (SSSR count). The summed E-state index contributed by atoms with van der Waals surface area (Å²) in [4.78, 5) is 11.3. The highest BCUT2D eigenvalue weighted by molar-refractivity contribution is 9.10. The molecule has 0 heterocycles. The Kier molecular flexibility index (Phi) is 4.81. The predicted molar refractivity (Wildman–Crippen MR) is 67.9 cm³/mol. The molecule has 0 aliphatic heterocycles. The zero-order valence-corrected chi connectivity index (χ0v) is 11.2. The van der Waals surface area contributed by atoms with Gasteiger partial charge in [-0.1, -0.05) is 46.6 Å². The van der Waals surface area contributed by atoms with E-state index in [1.54, 1.807) is 0 Å². The zero-order chi connectivity index (χ0) is 11.4. The largest absolute Gasteiger partial charge is 0.298 e. The second-order valence-electron chi connectivity index (χ2n) is 3.59. The molecule has 0 aliphatic carbocycles. The van der Waals surface area contributed by atoms with Crippen molar-refractivity contribution in [3.8, 4) is 0 Å². The van der Waals surface area contributed by atoms with Crippen LogP contribution in [0.25, 0.3) is 0 Å². The first kappa shape index (κ1) is 12.7. The van der Waals surface area contributed by atoms with Gasteiger partial charge < -0.3 is 0 Å². The summed E-state index contributed by atoms with van der Waals surface area (Å²) in [7, 11) is 0. The summed E-state index contributed by atoms with van der Waals surface area (Å²) in [6.07, 6.45) is 1.21. The summed E-state index contributed by atoms with van der Waals surface area (Å²) in [5.74, 6) is 0.214. The van der Waals surface area contributed by atoms with Crippen LogP contribution in [0.1, 0.15) is 24.5 Å². The number of benzene rings is 1. The molecule has 82 valence electrons. The molecule has 15 heavy (non-hydrogen) atoms. The van der Waals surface area contributed by atoms with Gasteiger partial charge in [0.2, 0.25) is 0 Å². The molecule has 0 radical (unpaired) electrons. The van der Waals surface area contributed by atoms with Crippen LogP contribution in [0.2, 0.25) is 5.02 Å². The normalized spacial score (nSPS) is 12.5. The van der Waals surface area contributed by atoms with Gasteiger partial charge in [-0.25, -0.2) is 0 Å². The van der Waals surface area contributed by atoms with Crippen LogP contribution < -0.4 is 0 Å². The Labute approximate surface area is 104 Å². The van der Waals surface area contributed by atoms with Crippen molar-refractivity contribution in [1.82, 2.24) is 0 Å². The maximum atomic E-state index is 11.4. The lowest BCUT2D eigenvalue weighted by atomic mass is 10.0. The average molecular weight is 290 g/mol. The molecule has 0 aromatic heterocycles. The van der Waals surface area contributed by atoms with Crippen LogP contribution >= 0.6 is 27.5 Å². The first-order valence-corrected chi connectivity index (χ1v) is 6.25. The fourth-order valence-electron chi connectivity index (χ4n) is 1.35. The number of carbonyl (C=O) groups excluding carboxylic acids is 1. The second kappa shape index (κ2) is 5.66. The molecule has 1 unspecified atom stereocenters. The highest BCUT2D eigenvalue weighted by Crippen LogP contribution is 2.21. The number of aryl methyl sites for hydroxylation is 1. The van der Waals surface area contributed by atoms with Crippen molar-refractivity contribution < 1.29 is 4.79 Å². The average Bonchev–Trinajstić information content (AvgIpc) is 2.20. The number of hydrogen-bond donors (Lipinski definition) is 0. The minimum absolute atomic E-state index is 0.122. The molecule has 0 aliphatic rings. The van der Waals surface area contributed by atoms with Gasteiger partial charge in [0.25, 0.3) is 0 Å². The summed E-state index contributed by atoms with van der Waals surface area (Å²) in [6, 6.07) is 5.92. The molecule has 0 saturated carbocycles. The topological polar surface area (TPSA) is 17.1 Å². The molecule has 0 amide bonds. The number of Topliss-reactive ketones (excluding diaryl/α,β-unsaturated/α-hetero) is 1. The lowest BCUT2D eigenvalue weighted by molar-refractivity contribution is -0.118. The van der Waals surface area contributed by atoms with E-state index in [1.807, 2.05) is 32.0 Å². The molecule has 0 fully saturated rings. The van der Waals surface area contributed by atoms with Gasteiger partial charge in [-0.3, -0.25) is 4.79 Å². The third-order valence-corrected chi connectivity index (χ3v) is 3.49. The van der Waals surface area contributed by atoms with E-state index in [0.29, 0.717) is 12.8 Å². The van der Waals surface area contributed by atoms with Crippen molar-refractivity contribution in [1.29, 1.82) is 0 Å². The van der Waals surface area contributed by atoms with Gasteiger partial charge in [-0.2, -0.15) is 0 Å². The Morgan fingerprint density at radius 2 is 2.20 bits per heavy atom. The van der Waals surface area contributed by atoms with Crippen LogP contribution in [-0.2, 0) is 11.2 Å². The van der Waals surface area contributed by atoms with Crippen molar-refractivity contribution in [3.63, 3.8) is 0 Å². The third-order valence-electron chi connectivity index (χ3n) is 2.31. The summed E-state index contributed by atoms with van der Waals surface area (Å²) in [5, 5.41) is 0.739. The Balaban J connectivity index is 2.76. The molecule has 0 saturated heterocycles. The zero-order valence-electron chi connectivity index (χ0n) is 8.89. The van der Waals surface area contributed by atoms with Gasteiger partial charge in [-0.05, 0) is 30.5 Å². The Morgan fingerprint density at radius 1 is 1.53 bits per heavy atom. The third kappa shape index (κ3) is 3.62. The van der Waals surface area contributed by atoms with E-state index in [9.17, 15) is 4.79 Å². The van der Waals surface area contributed by atoms with Gasteiger partial charge in [0.1, 0.15) is 5.78 Å². The minimum Gasteiger partial charge on any atom is -0.298 e. The smallest absolute Gasteiger partial charge is 0.146 e.